The zero-order valence-corrected chi connectivity index (χ0v) is 13.4. The number of esters is 1. The lowest BCUT2D eigenvalue weighted by Crippen LogP contribution is -2.08. The van der Waals surface area contributed by atoms with Gasteiger partial charge in [-0.3, -0.25) is 4.79 Å². The van der Waals surface area contributed by atoms with Crippen LogP contribution >= 0.6 is 22.7 Å². The summed E-state index contributed by atoms with van der Waals surface area (Å²) in [6, 6.07) is 4.46. The van der Waals surface area contributed by atoms with Crippen molar-refractivity contribution >= 4 is 33.8 Å². The molecule has 1 atom stereocenters. The van der Waals surface area contributed by atoms with Crippen molar-refractivity contribution in [3.63, 3.8) is 0 Å². The van der Waals surface area contributed by atoms with Gasteiger partial charge in [0.25, 0.3) is 0 Å². The topological polar surface area (TPSA) is 51.2 Å². The Morgan fingerprint density at radius 1 is 1.50 bits per heavy atom. The third-order valence-corrected chi connectivity index (χ3v) is 4.72. The summed E-state index contributed by atoms with van der Waals surface area (Å²) in [6.45, 7) is 6.42. The molecular weight excluding hydrogens is 292 g/mol. The van der Waals surface area contributed by atoms with Crippen LogP contribution in [0.25, 0.3) is 0 Å². The van der Waals surface area contributed by atoms with E-state index in [2.05, 4.69) is 36.3 Å². The zero-order chi connectivity index (χ0) is 14.5. The molecule has 1 unspecified atom stereocenters. The van der Waals surface area contributed by atoms with E-state index in [-0.39, 0.29) is 18.4 Å². The first-order chi connectivity index (χ1) is 9.58. The largest absolute Gasteiger partial charge is 0.466 e. The van der Waals surface area contributed by atoms with Gasteiger partial charge in [-0.15, -0.1) is 22.7 Å². The van der Waals surface area contributed by atoms with E-state index in [9.17, 15) is 4.79 Å². The first kappa shape index (κ1) is 15.0. The molecule has 2 aromatic rings. The van der Waals surface area contributed by atoms with E-state index in [1.807, 2.05) is 5.38 Å². The molecule has 2 rings (SSSR count). The van der Waals surface area contributed by atoms with Gasteiger partial charge in [0.15, 0.2) is 5.13 Å². The van der Waals surface area contributed by atoms with Crippen molar-refractivity contribution in [2.24, 2.45) is 0 Å². The van der Waals surface area contributed by atoms with E-state index in [4.69, 9.17) is 4.74 Å². The number of aromatic nitrogens is 1. The van der Waals surface area contributed by atoms with Crippen LogP contribution in [0.1, 0.15) is 35.3 Å². The fourth-order valence-corrected chi connectivity index (χ4v) is 3.43. The molecule has 0 aliphatic rings. The molecule has 1 N–H and O–H groups in total. The van der Waals surface area contributed by atoms with E-state index in [0.29, 0.717) is 6.61 Å². The summed E-state index contributed by atoms with van der Waals surface area (Å²) in [5.41, 5.74) is 0.755. The molecule has 4 nitrogen and oxygen atoms in total. The van der Waals surface area contributed by atoms with E-state index >= 15 is 0 Å². The number of rotatable bonds is 6. The number of carbonyl (C=O) groups excluding carboxylic acids is 1. The molecule has 0 amide bonds. The van der Waals surface area contributed by atoms with Gasteiger partial charge in [0.05, 0.1) is 24.8 Å². The Balaban J connectivity index is 1.94. The van der Waals surface area contributed by atoms with Crippen molar-refractivity contribution in [1.29, 1.82) is 0 Å². The summed E-state index contributed by atoms with van der Waals surface area (Å²) in [5, 5.41) is 6.09. The minimum Gasteiger partial charge on any atom is -0.466 e. The average Bonchev–Trinajstić information content (AvgIpc) is 2.99. The molecule has 2 aromatic heterocycles. The van der Waals surface area contributed by atoms with Crippen LogP contribution in [-0.4, -0.2) is 17.6 Å². The molecule has 0 spiro atoms. The van der Waals surface area contributed by atoms with Crippen molar-refractivity contribution in [3.05, 3.63) is 33.0 Å². The van der Waals surface area contributed by atoms with Gasteiger partial charge in [-0.25, -0.2) is 4.98 Å². The highest BCUT2D eigenvalue weighted by atomic mass is 32.1. The van der Waals surface area contributed by atoms with Crippen molar-refractivity contribution in [3.8, 4) is 0 Å². The van der Waals surface area contributed by atoms with Crippen LogP contribution in [0.3, 0.4) is 0 Å². The number of carbonyl (C=O) groups is 1. The molecule has 0 aliphatic carbocycles. The lowest BCUT2D eigenvalue weighted by Gasteiger charge is -2.10. The summed E-state index contributed by atoms with van der Waals surface area (Å²) in [6.07, 6.45) is 0.235. The number of hydrogen-bond acceptors (Lipinski definition) is 6. The maximum Gasteiger partial charge on any atom is 0.311 e. The van der Waals surface area contributed by atoms with Gasteiger partial charge in [0, 0.05) is 15.1 Å². The van der Waals surface area contributed by atoms with Gasteiger partial charge in [-0.05, 0) is 32.9 Å². The van der Waals surface area contributed by atoms with Gasteiger partial charge < -0.3 is 10.1 Å². The van der Waals surface area contributed by atoms with E-state index < -0.39 is 0 Å². The Morgan fingerprint density at radius 2 is 2.30 bits per heavy atom. The molecule has 0 saturated heterocycles. The predicted molar refractivity (Wildman–Crippen MR) is 83.5 cm³/mol. The predicted octanol–water partition coefficient (Wildman–Crippen LogP) is 3.79. The van der Waals surface area contributed by atoms with Gasteiger partial charge >= 0.3 is 5.97 Å². The summed E-state index contributed by atoms with van der Waals surface area (Å²) in [4.78, 5) is 18.4. The molecule has 2 heterocycles. The highest BCUT2D eigenvalue weighted by molar-refractivity contribution is 7.14. The molecule has 0 bridgehead atoms. The van der Waals surface area contributed by atoms with Gasteiger partial charge in [0.2, 0.25) is 0 Å². The summed E-state index contributed by atoms with van der Waals surface area (Å²) in [5.74, 6) is -0.230. The van der Waals surface area contributed by atoms with Gasteiger partial charge in [-0.2, -0.15) is 0 Å². The molecular formula is C14H18N2O2S2. The Labute approximate surface area is 126 Å². The Hall–Kier alpha value is -1.40. The number of thiophene rings is 1. The second kappa shape index (κ2) is 6.85. The number of ether oxygens (including phenoxy) is 1. The van der Waals surface area contributed by atoms with Crippen molar-refractivity contribution in [2.45, 2.75) is 33.2 Å². The molecule has 0 fully saturated rings. The maximum atomic E-state index is 11.4. The maximum absolute atomic E-state index is 11.4. The quantitative estimate of drug-likeness (QED) is 0.825. The van der Waals surface area contributed by atoms with E-state index in [1.165, 1.54) is 21.1 Å². The molecule has 108 valence electrons. The van der Waals surface area contributed by atoms with Crippen LogP contribution in [0.4, 0.5) is 5.13 Å². The van der Waals surface area contributed by atoms with Crippen LogP contribution in [0, 0.1) is 6.92 Å². The van der Waals surface area contributed by atoms with Crippen LogP contribution in [-0.2, 0) is 16.0 Å². The second-order valence-electron chi connectivity index (χ2n) is 4.44. The van der Waals surface area contributed by atoms with Crippen LogP contribution in [0.15, 0.2) is 17.5 Å². The summed E-state index contributed by atoms with van der Waals surface area (Å²) < 4.78 is 4.92. The highest BCUT2D eigenvalue weighted by Crippen LogP contribution is 2.27. The molecule has 6 heteroatoms. The Morgan fingerprint density at radius 3 is 2.95 bits per heavy atom. The molecule has 0 saturated carbocycles. The van der Waals surface area contributed by atoms with Crippen LogP contribution in [0.2, 0.25) is 0 Å². The summed E-state index contributed by atoms with van der Waals surface area (Å²) in [7, 11) is 0. The van der Waals surface area contributed by atoms with Crippen molar-refractivity contribution < 1.29 is 9.53 Å². The lowest BCUT2D eigenvalue weighted by molar-refractivity contribution is -0.142. The Bertz CT molecular complexity index is 577. The third kappa shape index (κ3) is 4.05. The number of aryl methyl sites for hydroxylation is 1. The number of hydrogen-bond donors (Lipinski definition) is 1. The molecule has 20 heavy (non-hydrogen) atoms. The fourth-order valence-electron chi connectivity index (χ4n) is 1.76. The number of anilines is 1. The smallest absolute Gasteiger partial charge is 0.311 e. The minimum atomic E-state index is -0.230. The molecule has 0 radical (unpaired) electrons. The first-order valence-corrected chi connectivity index (χ1v) is 8.21. The van der Waals surface area contributed by atoms with Crippen LogP contribution in [0.5, 0.6) is 0 Å². The highest BCUT2D eigenvalue weighted by Gasteiger charge is 2.12. The number of nitrogens with zero attached hydrogens (tertiary/aromatic N) is 1. The number of nitrogens with one attached hydrogen (secondary N) is 1. The van der Waals surface area contributed by atoms with E-state index in [1.54, 1.807) is 18.3 Å². The monoisotopic (exact) mass is 310 g/mol. The Kier molecular flexibility index (Phi) is 5.14. The first-order valence-electron chi connectivity index (χ1n) is 6.51. The fraction of sp³-hybridized carbons (Fsp3) is 0.429. The molecule has 0 aliphatic heterocycles. The van der Waals surface area contributed by atoms with Crippen LogP contribution < -0.4 is 5.32 Å². The number of thiazole rings is 1. The van der Waals surface area contributed by atoms with Crippen molar-refractivity contribution in [1.82, 2.24) is 4.98 Å². The zero-order valence-electron chi connectivity index (χ0n) is 11.8. The van der Waals surface area contributed by atoms with Gasteiger partial charge in [-0.1, -0.05) is 0 Å². The van der Waals surface area contributed by atoms with Gasteiger partial charge in [0.1, 0.15) is 0 Å². The summed E-state index contributed by atoms with van der Waals surface area (Å²) >= 11 is 3.29. The second-order valence-corrected chi connectivity index (χ2v) is 6.62. The minimum absolute atomic E-state index is 0.218. The van der Waals surface area contributed by atoms with E-state index in [0.717, 1.165) is 10.8 Å². The van der Waals surface area contributed by atoms with Crippen molar-refractivity contribution in [2.75, 3.05) is 11.9 Å². The third-order valence-electron chi connectivity index (χ3n) is 2.71. The molecule has 0 aromatic carbocycles. The lowest BCUT2D eigenvalue weighted by atomic mass is 10.3. The SMILES string of the molecule is CCOC(=O)Cc1csc(NC(C)c2ccc(C)s2)n1. The standard InChI is InChI=1S/C14H18N2O2S2/c1-4-18-13(17)7-11-8-19-14(16-11)15-10(3)12-6-5-9(2)20-12/h5-6,8,10H,4,7H2,1-3H3,(H,15,16). The average molecular weight is 310 g/mol. The normalized spacial score (nSPS) is 12.2.